The van der Waals surface area contributed by atoms with Gasteiger partial charge >= 0.3 is 5.97 Å². The van der Waals surface area contributed by atoms with Gasteiger partial charge in [-0.05, 0) is 25.8 Å². The Bertz CT molecular complexity index is 231. The Morgan fingerprint density at radius 1 is 1.27 bits per heavy atom. The number of carboxylic acid groups (broad SMARTS) is 1. The lowest BCUT2D eigenvalue weighted by molar-refractivity contribution is -0.142. The SMILES string of the molecule is O=C1CCNCC[C@H](C(=O)O)CCCN1. The van der Waals surface area contributed by atoms with Crippen molar-refractivity contribution in [1.82, 2.24) is 10.6 Å². The van der Waals surface area contributed by atoms with Gasteiger partial charge in [-0.1, -0.05) is 0 Å². The van der Waals surface area contributed by atoms with Crippen LogP contribution in [0.1, 0.15) is 25.7 Å². The standard InChI is InChI=1S/C10H18N2O3/c13-9-4-7-11-6-3-8(10(14)15)2-1-5-12-9/h8,11H,1-7H2,(H,12,13)(H,14,15)/t8-/m1/s1. The van der Waals surface area contributed by atoms with E-state index in [1.165, 1.54) is 0 Å². The molecule has 0 aromatic heterocycles. The van der Waals surface area contributed by atoms with Gasteiger partial charge in [0.05, 0.1) is 5.92 Å². The molecule has 1 atom stereocenters. The van der Waals surface area contributed by atoms with Gasteiger partial charge in [-0.15, -0.1) is 0 Å². The maximum atomic E-state index is 11.2. The minimum atomic E-state index is -0.734. The van der Waals surface area contributed by atoms with Crippen molar-refractivity contribution in [3.8, 4) is 0 Å². The predicted octanol–water partition coefficient (Wildman–Crippen LogP) is -0.0330. The van der Waals surface area contributed by atoms with Crippen LogP contribution in [0.15, 0.2) is 0 Å². The number of carbonyl (C=O) groups is 2. The third-order valence-electron chi connectivity index (χ3n) is 2.60. The first-order chi connectivity index (χ1) is 7.20. The van der Waals surface area contributed by atoms with E-state index in [0.29, 0.717) is 38.9 Å². The number of amides is 1. The molecule has 5 heteroatoms. The summed E-state index contributed by atoms with van der Waals surface area (Å²) in [7, 11) is 0. The fraction of sp³-hybridized carbons (Fsp3) is 0.800. The molecule has 1 saturated heterocycles. The van der Waals surface area contributed by atoms with Gasteiger partial charge in [0.2, 0.25) is 5.91 Å². The zero-order valence-electron chi connectivity index (χ0n) is 8.79. The molecule has 0 spiro atoms. The molecule has 15 heavy (non-hydrogen) atoms. The van der Waals surface area contributed by atoms with Crippen molar-refractivity contribution < 1.29 is 14.7 Å². The molecule has 0 aliphatic carbocycles. The number of nitrogens with one attached hydrogen (secondary N) is 2. The summed E-state index contributed by atoms with van der Waals surface area (Å²) in [4.78, 5) is 22.0. The van der Waals surface area contributed by atoms with Crippen LogP contribution >= 0.6 is 0 Å². The summed E-state index contributed by atoms with van der Waals surface area (Å²) >= 11 is 0. The summed E-state index contributed by atoms with van der Waals surface area (Å²) in [6.07, 6.45) is 2.49. The molecule has 3 N–H and O–H groups in total. The first-order valence-electron chi connectivity index (χ1n) is 5.40. The first kappa shape index (κ1) is 12.0. The minimum Gasteiger partial charge on any atom is -0.481 e. The third-order valence-corrected chi connectivity index (χ3v) is 2.60. The fourth-order valence-electron chi connectivity index (χ4n) is 1.66. The summed E-state index contributed by atoms with van der Waals surface area (Å²) in [5, 5.41) is 14.8. The molecule has 5 nitrogen and oxygen atoms in total. The van der Waals surface area contributed by atoms with Crippen LogP contribution in [-0.4, -0.2) is 36.6 Å². The van der Waals surface area contributed by atoms with Gasteiger partial charge in [0.15, 0.2) is 0 Å². The molecule has 1 fully saturated rings. The molecule has 86 valence electrons. The Morgan fingerprint density at radius 2 is 2.07 bits per heavy atom. The van der Waals surface area contributed by atoms with E-state index in [9.17, 15) is 9.59 Å². The average Bonchev–Trinajstić information content (AvgIpc) is 2.23. The molecule has 0 saturated carbocycles. The topological polar surface area (TPSA) is 78.4 Å². The van der Waals surface area contributed by atoms with Gasteiger partial charge in [0, 0.05) is 19.5 Å². The Balaban J connectivity index is 2.40. The highest BCUT2D eigenvalue weighted by molar-refractivity contribution is 5.76. The molecule has 0 aromatic rings. The Kier molecular flexibility index (Phi) is 5.10. The van der Waals surface area contributed by atoms with Gasteiger partial charge in [0.1, 0.15) is 0 Å². The van der Waals surface area contributed by atoms with Crippen molar-refractivity contribution in [3.63, 3.8) is 0 Å². The van der Waals surface area contributed by atoms with Crippen LogP contribution in [-0.2, 0) is 9.59 Å². The van der Waals surface area contributed by atoms with E-state index >= 15 is 0 Å². The van der Waals surface area contributed by atoms with Crippen molar-refractivity contribution in [3.05, 3.63) is 0 Å². The molecular formula is C10H18N2O3. The Morgan fingerprint density at radius 3 is 2.80 bits per heavy atom. The largest absolute Gasteiger partial charge is 0.481 e. The quantitative estimate of drug-likeness (QED) is 0.572. The number of hydrogen-bond donors (Lipinski definition) is 3. The van der Waals surface area contributed by atoms with Gasteiger partial charge in [0.25, 0.3) is 0 Å². The monoisotopic (exact) mass is 214 g/mol. The van der Waals surface area contributed by atoms with Gasteiger partial charge < -0.3 is 15.7 Å². The molecule has 0 bridgehead atoms. The van der Waals surface area contributed by atoms with Crippen LogP contribution in [0.5, 0.6) is 0 Å². The highest BCUT2D eigenvalue weighted by Gasteiger charge is 2.17. The van der Waals surface area contributed by atoms with E-state index in [2.05, 4.69) is 10.6 Å². The molecule has 1 aliphatic rings. The predicted molar refractivity (Wildman–Crippen MR) is 55.5 cm³/mol. The second-order valence-electron chi connectivity index (χ2n) is 3.82. The van der Waals surface area contributed by atoms with E-state index in [-0.39, 0.29) is 11.8 Å². The van der Waals surface area contributed by atoms with Crippen molar-refractivity contribution in [2.45, 2.75) is 25.7 Å². The molecule has 1 rings (SSSR count). The molecule has 1 heterocycles. The van der Waals surface area contributed by atoms with Crippen LogP contribution in [0.4, 0.5) is 0 Å². The molecule has 0 radical (unpaired) electrons. The highest BCUT2D eigenvalue weighted by atomic mass is 16.4. The van der Waals surface area contributed by atoms with E-state index in [1.54, 1.807) is 0 Å². The van der Waals surface area contributed by atoms with E-state index in [1.807, 2.05) is 0 Å². The normalized spacial score (nSPS) is 25.1. The summed E-state index contributed by atoms with van der Waals surface area (Å²) in [5.41, 5.74) is 0. The van der Waals surface area contributed by atoms with Crippen molar-refractivity contribution >= 4 is 11.9 Å². The van der Waals surface area contributed by atoms with Crippen LogP contribution in [0.3, 0.4) is 0 Å². The van der Waals surface area contributed by atoms with E-state index in [4.69, 9.17) is 5.11 Å². The zero-order valence-corrected chi connectivity index (χ0v) is 8.79. The zero-order chi connectivity index (χ0) is 11.1. The molecule has 0 unspecified atom stereocenters. The van der Waals surface area contributed by atoms with Gasteiger partial charge in [-0.2, -0.15) is 0 Å². The summed E-state index contributed by atoms with van der Waals surface area (Å²) in [6, 6.07) is 0. The summed E-state index contributed by atoms with van der Waals surface area (Å²) in [6.45, 7) is 1.88. The minimum absolute atomic E-state index is 0.0382. The summed E-state index contributed by atoms with van der Waals surface area (Å²) in [5.74, 6) is -0.980. The molecule has 0 aromatic carbocycles. The number of rotatable bonds is 1. The number of carbonyl (C=O) groups excluding carboxylic acids is 1. The average molecular weight is 214 g/mol. The maximum Gasteiger partial charge on any atom is 0.306 e. The van der Waals surface area contributed by atoms with Gasteiger partial charge in [-0.25, -0.2) is 0 Å². The van der Waals surface area contributed by atoms with E-state index < -0.39 is 5.97 Å². The van der Waals surface area contributed by atoms with Crippen molar-refractivity contribution in [2.24, 2.45) is 5.92 Å². The lowest BCUT2D eigenvalue weighted by atomic mass is 10.00. The Labute approximate surface area is 89.2 Å². The number of carboxylic acids is 1. The Hall–Kier alpha value is -1.10. The highest BCUT2D eigenvalue weighted by Crippen LogP contribution is 2.11. The fourth-order valence-corrected chi connectivity index (χ4v) is 1.66. The molecule has 1 aliphatic heterocycles. The lowest BCUT2D eigenvalue weighted by Gasteiger charge is -2.11. The second kappa shape index (κ2) is 6.40. The molecule has 1 amide bonds. The number of hydrogen-bond acceptors (Lipinski definition) is 3. The van der Waals surface area contributed by atoms with Crippen molar-refractivity contribution in [2.75, 3.05) is 19.6 Å². The summed E-state index contributed by atoms with van der Waals surface area (Å²) < 4.78 is 0. The van der Waals surface area contributed by atoms with Gasteiger partial charge in [-0.3, -0.25) is 9.59 Å². The smallest absolute Gasteiger partial charge is 0.306 e. The lowest BCUT2D eigenvalue weighted by Crippen LogP contribution is -2.28. The second-order valence-corrected chi connectivity index (χ2v) is 3.82. The first-order valence-corrected chi connectivity index (χ1v) is 5.40. The van der Waals surface area contributed by atoms with Crippen LogP contribution in [0.2, 0.25) is 0 Å². The van der Waals surface area contributed by atoms with E-state index in [0.717, 1.165) is 6.42 Å². The molecular weight excluding hydrogens is 196 g/mol. The third kappa shape index (κ3) is 4.78. The van der Waals surface area contributed by atoms with Crippen LogP contribution in [0.25, 0.3) is 0 Å². The number of aliphatic carboxylic acids is 1. The maximum absolute atomic E-state index is 11.2. The van der Waals surface area contributed by atoms with Crippen LogP contribution in [0, 0.1) is 5.92 Å². The van der Waals surface area contributed by atoms with Crippen molar-refractivity contribution in [1.29, 1.82) is 0 Å². The van der Waals surface area contributed by atoms with Crippen LogP contribution < -0.4 is 10.6 Å².